The molecule has 33 heavy (non-hydrogen) atoms. The smallest absolute Gasteiger partial charge is 0.328 e. The van der Waals surface area contributed by atoms with E-state index < -0.39 is 21.8 Å². The van der Waals surface area contributed by atoms with E-state index in [0.717, 1.165) is 0 Å². The van der Waals surface area contributed by atoms with Gasteiger partial charge in [-0.15, -0.1) is 0 Å². The van der Waals surface area contributed by atoms with Gasteiger partial charge in [0.25, 0.3) is 0 Å². The molecule has 10 nitrogen and oxygen atoms in total. The third-order valence-corrected chi connectivity index (χ3v) is 6.02. The van der Waals surface area contributed by atoms with Gasteiger partial charge < -0.3 is 15.5 Å². The molecule has 0 aliphatic carbocycles. The number of carboxylic acids is 2. The summed E-state index contributed by atoms with van der Waals surface area (Å²) in [5.41, 5.74) is 1.74. The average molecular weight is 493 g/mol. The molecule has 0 aliphatic heterocycles. The summed E-state index contributed by atoms with van der Waals surface area (Å²) in [7, 11) is -2.01. The highest BCUT2D eigenvalue weighted by Crippen LogP contribution is 2.27. The van der Waals surface area contributed by atoms with Crippen molar-refractivity contribution in [3.8, 4) is 5.69 Å². The molecule has 0 amide bonds. The molecule has 0 spiro atoms. The molecule has 12 heteroatoms. The van der Waals surface area contributed by atoms with Crippen LogP contribution in [0.2, 0.25) is 5.02 Å². The van der Waals surface area contributed by atoms with Crippen molar-refractivity contribution in [2.75, 3.05) is 7.05 Å². The SMILES string of the molecule is CNCc1cc(S(=O)(=O)c2ccnc(C)c2)n(-c2ccccc2Cl)n1.O=C(O)/C=C/C(=O)O. The first-order valence-electron chi connectivity index (χ1n) is 9.36. The molecule has 1 aromatic carbocycles. The van der Waals surface area contributed by atoms with Crippen molar-refractivity contribution in [2.24, 2.45) is 0 Å². The number of benzene rings is 1. The standard InChI is InChI=1S/C17H17ClN4O2S.C4H4O4/c1-12-9-14(7-8-20-12)25(23,24)17-10-13(11-19-2)21-22(17)16-6-4-3-5-15(16)18;5-3(6)1-2-4(7)8/h3-10,19H,11H2,1-2H3;1-2H,(H,5,6)(H,7,8)/b;2-1+. The number of hydrogen-bond donors (Lipinski definition) is 3. The highest BCUT2D eigenvalue weighted by molar-refractivity contribution is 7.91. The van der Waals surface area contributed by atoms with Crippen LogP contribution >= 0.6 is 11.6 Å². The number of sulfone groups is 1. The number of hydrogen-bond acceptors (Lipinski definition) is 7. The van der Waals surface area contributed by atoms with Gasteiger partial charge in [-0.1, -0.05) is 23.7 Å². The molecule has 0 atom stereocenters. The molecule has 0 saturated heterocycles. The van der Waals surface area contributed by atoms with Crippen molar-refractivity contribution < 1.29 is 28.2 Å². The number of pyridine rings is 1. The minimum Gasteiger partial charge on any atom is -0.478 e. The third-order valence-electron chi connectivity index (χ3n) is 3.99. The van der Waals surface area contributed by atoms with Crippen LogP contribution in [0.15, 0.2) is 70.7 Å². The van der Waals surface area contributed by atoms with Crippen molar-refractivity contribution in [1.29, 1.82) is 0 Å². The van der Waals surface area contributed by atoms with Gasteiger partial charge in [-0.2, -0.15) is 5.10 Å². The van der Waals surface area contributed by atoms with Crippen molar-refractivity contribution in [2.45, 2.75) is 23.4 Å². The Balaban J connectivity index is 0.000000414. The number of aliphatic carboxylic acids is 2. The first kappa shape index (κ1) is 25.7. The molecule has 0 bridgehead atoms. The number of rotatable bonds is 7. The number of nitrogens with one attached hydrogen (secondary N) is 1. The highest BCUT2D eigenvalue weighted by Gasteiger charge is 2.26. The Morgan fingerprint density at radius 2 is 1.76 bits per heavy atom. The number of para-hydroxylation sites is 1. The van der Waals surface area contributed by atoms with Crippen LogP contribution in [0.1, 0.15) is 11.4 Å². The minimum absolute atomic E-state index is 0.0662. The van der Waals surface area contributed by atoms with E-state index >= 15 is 0 Å². The van der Waals surface area contributed by atoms with Gasteiger partial charge in [0.1, 0.15) is 0 Å². The highest BCUT2D eigenvalue weighted by atomic mass is 35.5. The molecule has 3 N–H and O–H groups in total. The molecular weight excluding hydrogens is 472 g/mol. The first-order chi connectivity index (χ1) is 15.6. The largest absolute Gasteiger partial charge is 0.478 e. The Labute approximate surface area is 195 Å². The number of nitrogens with zero attached hydrogens (tertiary/aromatic N) is 3. The van der Waals surface area contributed by atoms with E-state index in [1.165, 1.54) is 23.0 Å². The van der Waals surface area contributed by atoms with E-state index in [-0.39, 0.29) is 9.92 Å². The van der Waals surface area contributed by atoms with Gasteiger partial charge in [-0.05, 0) is 38.2 Å². The van der Waals surface area contributed by atoms with Crippen LogP contribution in [0, 0.1) is 6.92 Å². The molecule has 0 saturated carbocycles. The maximum absolute atomic E-state index is 13.2. The number of aromatic nitrogens is 3. The number of halogens is 1. The van der Waals surface area contributed by atoms with E-state index in [0.29, 0.717) is 40.8 Å². The average Bonchev–Trinajstić information content (AvgIpc) is 3.18. The lowest BCUT2D eigenvalue weighted by molar-refractivity contribution is -0.134. The van der Waals surface area contributed by atoms with E-state index in [2.05, 4.69) is 15.4 Å². The Bertz CT molecular complexity index is 1270. The first-order valence-corrected chi connectivity index (χ1v) is 11.2. The number of carboxylic acid groups (broad SMARTS) is 2. The van der Waals surface area contributed by atoms with Crippen molar-refractivity contribution in [1.82, 2.24) is 20.1 Å². The summed E-state index contributed by atoms with van der Waals surface area (Å²) < 4.78 is 27.7. The van der Waals surface area contributed by atoms with Gasteiger partial charge in [0.15, 0.2) is 5.03 Å². The topological polar surface area (TPSA) is 151 Å². The normalized spacial score (nSPS) is 11.1. The van der Waals surface area contributed by atoms with Gasteiger partial charge in [0.2, 0.25) is 9.84 Å². The van der Waals surface area contributed by atoms with Gasteiger partial charge >= 0.3 is 11.9 Å². The molecular formula is C21H21ClN4O6S. The molecule has 3 rings (SSSR count). The molecule has 0 radical (unpaired) electrons. The monoisotopic (exact) mass is 492 g/mol. The molecule has 3 aromatic rings. The molecule has 2 aromatic heterocycles. The van der Waals surface area contributed by atoms with Crippen molar-refractivity contribution in [3.63, 3.8) is 0 Å². The van der Waals surface area contributed by atoms with Gasteiger partial charge in [-0.3, -0.25) is 4.98 Å². The Morgan fingerprint density at radius 3 is 2.30 bits per heavy atom. The zero-order valence-electron chi connectivity index (χ0n) is 17.6. The Kier molecular flexibility index (Phi) is 8.85. The van der Waals surface area contributed by atoms with Crippen LogP contribution in [0.3, 0.4) is 0 Å². The Hall–Kier alpha value is -3.54. The van der Waals surface area contributed by atoms with Crippen LogP contribution in [0.25, 0.3) is 5.69 Å². The molecule has 174 valence electrons. The van der Waals surface area contributed by atoms with Gasteiger partial charge in [0.05, 0.1) is 21.3 Å². The van der Waals surface area contributed by atoms with Crippen LogP contribution in [0.4, 0.5) is 0 Å². The van der Waals surface area contributed by atoms with Crippen molar-refractivity contribution >= 4 is 33.4 Å². The summed E-state index contributed by atoms with van der Waals surface area (Å²) in [4.78, 5) is 23.3. The van der Waals surface area contributed by atoms with Crippen molar-refractivity contribution in [3.05, 3.63) is 77.2 Å². The Morgan fingerprint density at radius 1 is 1.12 bits per heavy atom. The minimum atomic E-state index is -3.78. The van der Waals surface area contributed by atoms with Gasteiger partial charge in [0, 0.05) is 36.7 Å². The summed E-state index contributed by atoms with van der Waals surface area (Å²) in [6.45, 7) is 2.19. The second-order valence-corrected chi connectivity index (χ2v) is 8.82. The van der Waals surface area contributed by atoms with Crippen LogP contribution in [-0.4, -0.2) is 52.4 Å². The lowest BCUT2D eigenvalue weighted by Gasteiger charge is -2.10. The van der Waals surface area contributed by atoms with E-state index in [4.69, 9.17) is 21.8 Å². The number of aryl methyl sites for hydroxylation is 1. The van der Waals surface area contributed by atoms with E-state index in [9.17, 15) is 18.0 Å². The van der Waals surface area contributed by atoms with E-state index in [1.807, 2.05) is 0 Å². The fraction of sp³-hybridized carbons (Fsp3) is 0.143. The fourth-order valence-electron chi connectivity index (χ4n) is 2.62. The number of carbonyl (C=O) groups is 2. The summed E-state index contributed by atoms with van der Waals surface area (Å²) in [6, 6.07) is 11.6. The maximum atomic E-state index is 13.2. The lowest BCUT2D eigenvalue weighted by atomic mass is 10.3. The molecule has 0 unspecified atom stereocenters. The fourth-order valence-corrected chi connectivity index (χ4v) is 4.30. The van der Waals surface area contributed by atoms with Gasteiger partial charge in [-0.25, -0.2) is 22.7 Å². The quantitative estimate of drug-likeness (QED) is 0.422. The second kappa shape index (κ2) is 11.4. The summed E-state index contributed by atoms with van der Waals surface area (Å²) in [5, 5.41) is 23.5. The molecule has 0 fully saturated rings. The zero-order chi connectivity index (χ0) is 24.6. The van der Waals surface area contributed by atoms with Crippen LogP contribution < -0.4 is 5.32 Å². The van der Waals surface area contributed by atoms with Crippen LogP contribution in [-0.2, 0) is 26.0 Å². The van der Waals surface area contributed by atoms with Crippen LogP contribution in [0.5, 0.6) is 0 Å². The second-order valence-electron chi connectivity index (χ2n) is 6.51. The predicted octanol–water partition coefficient (Wildman–Crippen LogP) is 2.49. The zero-order valence-corrected chi connectivity index (χ0v) is 19.2. The summed E-state index contributed by atoms with van der Waals surface area (Å²) in [5.74, 6) is -2.51. The lowest BCUT2D eigenvalue weighted by Crippen LogP contribution is -2.11. The van der Waals surface area contributed by atoms with E-state index in [1.54, 1.807) is 44.3 Å². The summed E-state index contributed by atoms with van der Waals surface area (Å²) >= 11 is 6.26. The molecule has 0 aliphatic rings. The summed E-state index contributed by atoms with van der Waals surface area (Å²) in [6.07, 6.45) is 2.59. The third kappa shape index (κ3) is 6.97. The molecule has 2 heterocycles. The maximum Gasteiger partial charge on any atom is 0.328 e. The predicted molar refractivity (Wildman–Crippen MR) is 120 cm³/mol.